The Bertz CT molecular complexity index is 485. The molecule has 0 saturated heterocycles. The van der Waals surface area contributed by atoms with Gasteiger partial charge in [-0.05, 0) is 24.6 Å². The quantitative estimate of drug-likeness (QED) is 0.880. The van der Waals surface area contributed by atoms with Crippen molar-refractivity contribution in [3.05, 3.63) is 66.2 Å². The lowest BCUT2D eigenvalue weighted by atomic mass is 9.94. The summed E-state index contributed by atoms with van der Waals surface area (Å²) in [5, 5.41) is 12.7. The lowest BCUT2D eigenvalue weighted by Crippen LogP contribution is -2.35. The molecule has 2 aromatic rings. The molecule has 90 valence electrons. The predicted octanol–water partition coefficient (Wildman–Crippen LogP) is 3.62. The molecule has 0 aliphatic rings. The molecule has 0 fully saturated rings. The van der Waals surface area contributed by atoms with Crippen LogP contribution >= 0.6 is 0 Å². The van der Waals surface area contributed by atoms with Crippen molar-refractivity contribution in [2.75, 3.05) is 5.32 Å². The normalized spacial score (nSPS) is 13.3. The van der Waals surface area contributed by atoms with Gasteiger partial charge in [0.25, 0.3) is 0 Å². The van der Waals surface area contributed by atoms with Crippen LogP contribution in [0.5, 0.6) is 0 Å². The largest absolute Gasteiger partial charge is 0.367 e. The molecule has 1 unspecified atom stereocenters. The average Bonchev–Trinajstić information content (AvgIpc) is 2.41. The Labute approximate surface area is 108 Å². The number of benzene rings is 2. The minimum absolute atomic E-state index is 0.595. The first kappa shape index (κ1) is 12.2. The number of anilines is 1. The topological polar surface area (TPSA) is 35.8 Å². The van der Waals surface area contributed by atoms with E-state index in [-0.39, 0.29) is 0 Å². The summed E-state index contributed by atoms with van der Waals surface area (Å²) in [5.41, 5.74) is 1.53. The van der Waals surface area contributed by atoms with E-state index in [1.54, 1.807) is 0 Å². The second kappa shape index (κ2) is 5.37. The van der Waals surface area contributed by atoms with Crippen molar-refractivity contribution >= 4 is 5.69 Å². The number of nitriles is 1. The third kappa shape index (κ3) is 3.11. The maximum atomic E-state index is 9.40. The van der Waals surface area contributed by atoms with Crippen LogP contribution in [-0.2, 0) is 6.42 Å². The molecular formula is C16H16N2. The Morgan fingerprint density at radius 2 is 1.56 bits per heavy atom. The van der Waals surface area contributed by atoms with E-state index in [4.69, 9.17) is 0 Å². The van der Waals surface area contributed by atoms with Crippen LogP contribution in [-0.4, -0.2) is 5.54 Å². The number of nitrogens with zero attached hydrogens (tertiary/aromatic N) is 1. The van der Waals surface area contributed by atoms with Crippen LogP contribution < -0.4 is 5.32 Å². The summed E-state index contributed by atoms with van der Waals surface area (Å²) in [6.07, 6.45) is 0.680. The van der Waals surface area contributed by atoms with Gasteiger partial charge in [-0.1, -0.05) is 48.5 Å². The highest BCUT2D eigenvalue weighted by molar-refractivity contribution is 5.47. The molecule has 18 heavy (non-hydrogen) atoms. The van der Waals surface area contributed by atoms with Crippen LogP contribution in [0, 0.1) is 11.3 Å². The Hall–Kier alpha value is -2.27. The van der Waals surface area contributed by atoms with Crippen molar-refractivity contribution in [3.8, 4) is 6.07 Å². The van der Waals surface area contributed by atoms with Crippen molar-refractivity contribution < 1.29 is 0 Å². The zero-order chi connectivity index (χ0) is 12.8. The van der Waals surface area contributed by atoms with Crippen molar-refractivity contribution in [1.29, 1.82) is 5.26 Å². The number of nitrogens with one attached hydrogen (secondary N) is 1. The molecule has 1 N–H and O–H groups in total. The van der Waals surface area contributed by atoms with Crippen molar-refractivity contribution in [2.45, 2.75) is 18.9 Å². The maximum Gasteiger partial charge on any atom is 0.126 e. The molecule has 0 saturated carbocycles. The summed E-state index contributed by atoms with van der Waals surface area (Å²) < 4.78 is 0. The van der Waals surface area contributed by atoms with Crippen LogP contribution in [0.2, 0.25) is 0 Å². The Kier molecular flexibility index (Phi) is 3.64. The van der Waals surface area contributed by atoms with Gasteiger partial charge in [-0.25, -0.2) is 0 Å². The minimum Gasteiger partial charge on any atom is -0.367 e. The van der Waals surface area contributed by atoms with E-state index >= 15 is 0 Å². The van der Waals surface area contributed by atoms with Gasteiger partial charge in [0.05, 0.1) is 6.07 Å². The van der Waals surface area contributed by atoms with Gasteiger partial charge >= 0.3 is 0 Å². The monoisotopic (exact) mass is 236 g/mol. The molecule has 1 atom stereocenters. The van der Waals surface area contributed by atoms with Crippen molar-refractivity contribution in [1.82, 2.24) is 0 Å². The maximum absolute atomic E-state index is 9.40. The van der Waals surface area contributed by atoms with E-state index in [0.29, 0.717) is 6.42 Å². The van der Waals surface area contributed by atoms with Crippen molar-refractivity contribution in [3.63, 3.8) is 0 Å². The third-order valence-electron chi connectivity index (χ3n) is 2.84. The summed E-state index contributed by atoms with van der Waals surface area (Å²) in [6, 6.07) is 22.3. The van der Waals surface area contributed by atoms with Gasteiger partial charge in [-0.2, -0.15) is 5.26 Å². The fraction of sp³-hybridized carbons (Fsp3) is 0.188. The Balaban J connectivity index is 2.14. The third-order valence-corrected chi connectivity index (χ3v) is 2.84. The Morgan fingerprint density at radius 1 is 1.00 bits per heavy atom. The van der Waals surface area contributed by atoms with E-state index in [0.717, 1.165) is 11.3 Å². The summed E-state index contributed by atoms with van der Waals surface area (Å²) in [7, 11) is 0. The fourth-order valence-corrected chi connectivity index (χ4v) is 1.96. The molecule has 0 bridgehead atoms. The minimum atomic E-state index is -0.595. The van der Waals surface area contributed by atoms with E-state index in [2.05, 4.69) is 11.4 Å². The molecule has 0 aliphatic heterocycles. The van der Waals surface area contributed by atoms with Crippen LogP contribution in [0.4, 0.5) is 5.69 Å². The van der Waals surface area contributed by atoms with Crippen LogP contribution in [0.25, 0.3) is 0 Å². The summed E-state index contributed by atoms with van der Waals surface area (Å²) in [5.74, 6) is 0. The first-order valence-corrected chi connectivity index (χ1v) is 6.00. The standard InChI is InChI=1S/C16H16N2/c1-16(13-17,12-14-8-4-2-5-9-14)18-15-10-6-3-7-11-15/h2-11,18H,12H2,1H3. The van der Waals surface area contributed by atoms with Gasteiger partial charge in [0.2, 0.25) is 0 Å². The van der Waals surface area contributed by atoms with Gasteiger partial charge in [-0.3, -0.25) is 0 Å². The molecule has 0 radical (unpaired) electrons. The predicted molar refractivity (Wildman–Crippen MR) is 74.2 cm³/mol. The summed E-state index contributed by atoms with van der Waals surface area (Å²) >= 11 is 0. The second-order valence-corrected chi connectivity index (χ2v) is 4.60. The zero-order valence-electron chi connectivity index (χ0n) is 10.4. The molecule has 0 spiro atoms. The second-order valence-electron chi connectivity index (χ2n) is 4.60. The summed E-state index contributed by atoms with van der Waals surface area (Å²) in [6.45, 7) is 1.92. The fourth-order valence-electron chi connectivity index (χ4n) is 1.96. The van der Waals surface area contributed by atoms with Gasteiger partial charge in [0.1, 0.15) is 5.54 Å². The van der Waals surface area contributed by atoms with Crippen LogP contribution in [0.1, 0.15) is 12.5 Å². The average molecular weight is 236 g/mol. The number of rotatable bonds is 4. The zero-order valence-corrected chi connectivity index (χ0v) is 10.4. The van der Waals surface area contributed by atoms with E-state index < -0.39 is 5.54 Å². The molecule has 2 rings (SSSR count). The molecule has 2 nitrogen and oxygen atoms in total. The number of hydrogen-bond donors (Lipinski definition) is 1. The molecule has 0 amide bonds. The van der Waals surface area contributed by atoms with E-state index in [1.165, 1.54) is 0 Å². The van der Waals surface area contributed by atoms with E-state index in [9.17, 15) is 5.26 Å². The SMILES string of the molecule is CC(C#N)(Cc1ccccc1)Nc1ccccc1. The lowest BCUT2D eigenvalue weighted by molar-refractivity contribution is 0.646. The molecule has 2 heteroatoms. The van der Waals surface area contributed by atoms with Gasteiger partial charge in [0.15, 0.2) is 0 Å². The molecule has 0 aliphatic carbocycles. The first-order chi connectivity index (χ1) is 8.72. The van der Waals surface area contributed by atoms with Crippen molar-refractivity contribution in [2.24, 2.45) is 0 Å². The van der Waals surface area contributed by atoms with Crippen LogP contribution in [0.15, 0.2) is 60.7 Å². The van der Waals surface area contributed by atoms with E-state index in [1.807, 2.05) is 67.6 Å². The van der Waals surface area contributed by atoms with Crippen LogP contribution in [0.3, 0.4) is 0 Å². The highest BCUT2D eigenvalue weighted by Crippen LogP contribution is 2.19. The lowest BCUT2D eigenvalue weighted by Gasteiger charge is -2.24. The van der Waals surface area contributed by atoms with Gasteiger partial charge < -0.3 is 5.32 Å². The molecule has 0 heterocycles. The number of para-hydroxylation sites is 1. The van der Waals surface area contributed by atoms with Gasteiger partial charge in [-0.15, -0.1) is 0 Å². The highest BCUT2D eigenvalue weighted by atomic mass is 15.0. The Morgan fingerprint density at radius 3 is 2.11 bits per heavy atom. The first-order valence-electron chi connectivity index (χ1n) is 6.00. The molecule has 0 aromatic heterocycles. The smallest absolute Gasteiger partial charge is 0.126 e. The molecular weight excluding hydrogens is 220 g/mol. The molecule has 2 aromatic carbocycles. The van der Waals surface area contributed by atoms with Gasteiger partial charge in [0, 0.05) is 12.1 Å². The number of hydrogen-bond acceptors (Lipinski definition) is 2. The highest BCUT2D eigenvalue weighted by Gasteiger charge is 2.23. The summed E-state index contributed by atoms with van der Waals surface area (Å²) in [4.78, 5) is 0.